The van der Waals surface area contributed by atoms with Gasteiger partial charge in [0, 0.05) is 29.4 Å². The van der Waals surface area contributed by atoms with Gasteiger partial charge in [-0.05, 0) is 31.0 Å². The smallest absolute Gasteiger partial charge is 0.316 e. The zero-order valence-corrected chi connectivity index (χ0v) is 14.8. The Balaban J connectivity index is 1.65. The summed E-state index contributed by atoms with van der Waals surface area (Å²) in [6, 6.07) is 7.35. The Hall–Kier alpha value is -3.43. The first kappa shape index (κ1) is 18.0. The van der Waals surface area contributed by atoms with E-state index < -0.39 is 12.3 Å². The number of amides is 1. The van der Waals surface area contributed by atoms with Gasteiger partial charge >= 0.3 is 5.69 Å². The summed E-state index contributed by atoms with van der Waals surface area (Å²) in [6.07, 6.45) is 0.277. The lowest BCUT2D eigenvalue weighted by molar-refractivity contribution is -0.736. The maximum Gasteiger partial charge on any atom is 0.316 e. The number of aromatic nitrogens is 3. The van der Waals surface area contributed by atoms with E-state index in [1.165, 1.54) is 43.6 Å². The lowest BCUT2D eigenvalue weighted by atomic mass is 10.2. The van der Waals surface area contributed by atoms with E-state index in [-0.39, 0.29) is 28.5 Å². The van der Waals surface area contributed by atoms with E-state index in [2.05, 4.69) is 20.2 Å². The SMILES string of the molecule is CO[N+](=O)c1ccc(NC(=O)c2cnn3c(C(F)F)cc(C4CC4)nc23)cc1. The summed E-state index contributed by atoms with van der Waals surface area (Å²) < 4.78 is 27.8. The molecule has 0 bridgehead atoms. The third-order valence-corrected chi connectivity index (χ3v) is 4.48. The van der Waals surface area contributed by atoms with E-state index in [4.69, 9.17) is 0 Å². The van der Waals surface area contributed by atoms with Gasteiger partial charge in [0.25, 0.3) is 17.3 Å². The van der Waals surface area contributed by atoms with Crippen molar-refractivity contribution in [1.29, 1.82) is 0 Å². The van der Waals surface area contributed by atoms with Crippen molar-refractivity contribution in [3.8, 4) is 0 Å². The molecule has 28 heavy (non-hydrogen) atoms. The molecule has 8 nitrogen and oxygen atoms in total. The highest BCUT2D eigenvalue weighted by Gasteiger charge is 2.29. The van der Waals surface area contributed by atoms with Crippen molar-refractivity contribution < 1.29 is 23.3 Å². The van der Waals surface area contributed by atoms with Crippen LogP contribution >= 0.6 is 0 Å². The lowest BCUT2D eigenvalue weighted by Gasteiger charge is -2.08. The molecule has 3 aromatic rings. The molecule has 2 heterocycles. The van der Waals surface area contributed by atoms with Gasteiger partial charge in [0.2, 0.25) is 0 Å². The average molecular weight is 388 g/mol. The highest BCUT2D eigenvalue weighted by Crippen LogP contribution is 2.40. The molecule has 0 atom stereocenters. The molecule has 1 saturated carbocycles. The number of fused-ring (bicyclic) bond motifs is 1. The van der Waals surface area contributed by atoms with Gasteiger partial charge in [-0.2, -0.15) is 5.10 Å². The summed E-state index contributed by atoms with van der Waals surface area (Å²) in [5.41, 5.74) is 1.14. The fourth-order valence-electron chi connectivity index (χ4n) is 2.88. The number of alkyl halides is 2. The topological polar surface area (TPSA) is 88.6 Å². The van der Waals surface area contributed by atoms with Crippen LogP contribution in [0.2, 0.25) is 0 Å². The van der Waals surface area contributed by atoms with Gasteiger partial charge in [-0.15, -0.1) is 0 Å². The molecule has 1 N–H and O–H groups in total. The third kappa shape index (κ3) is 3.28. The molecular weight excluding hydrogens is 372 g/mol. The zero-order valence-electron chi connectivity index (χ0n) is 14.8. The van der Waals surface area contributed by atoms with Crippen molar-refractivity contribution in [2.24, 2.45) is 0 Å². The second-order valence-corrected chi connectivity index (χ2v) is 6.42. The largest absolute Gasteiger partial charge is 0.322 e. The Kier molecular flexibility index (Phi) is 4.46. The number of rotatable bonds is 6. The minimum absolute atomic E-state index is 0.0934. The number of nitrogens with zero attached hydrogens (tertiary/aromatic N) is 4. The Labute approximate surface area is 157 Å². The molecule has 1 aliphatic rings. The molecule has 0 saturated heterocycles. The molecule has 144 valence electrons. The molecular formula is C18H16F2N5O3+. The number of benzene rings is 1. The summed E-state index contributed by atoms with van der Waals surface area (Å²) in [5, 5.41) is 6.57. The molecule has 2 aromatic heterocycles. The highest BCUT2D eigenvalue weighted by atomic mass is 19.3. The zero-order chi connectivity index (χ0) is 19.8. The summed E-state index contributed by atoms with van der Waals surface area (Å²) in [7, 11) is 1.24. The highest BCUT2D eigenvalue weighted by molar-refractivity contribution is 6.08. The lowest BCUT2D eigenvalue weighted by Crippen LogP contribution is -2.13. The minimum Gasteiger partial charge on any atom is -0.322 e. The molecule has 0 unspecified atom stereocenters. The monoisotopic (exact) mass is 388 g/mol. The van der Waals surface area contributed by atoms with Gasteiger partial charge in [0.05, 0.1) is 11.1 Å². The second-order valence-electron chi connectivity index (χ2n) is 6.42. The van der Waals surface area contributed by atoms with E-state index in [0.717, 1.165) is 17.4 Å². The van der Waals surface area contributed by atoms with Gasteiger partial charge in [-0.1, -0.05) is 0 Å². The van der Waals surface area contributed by atoms with E-state index in [0.29, 0.717) is 16.3 Å². The maximum atomic E-state index is 13.4. The predicted molar refractivity (Wildman–Crippen MR) is 94.6 cm³/mol. The number of anilines is 1. The van der Waals surface area contributed by atoms with E-state index in [1.54, 1.807) is 0 Å². The fourth-order valence-corrected chi connectivity index (χ4v) is 2.88. The summed E-state index contributed by atoms with van der Waals surface area (Å²) in [4.78, 5) is 33.3. The molecule has 1 fully saturated rings. The molecule has 0 radical (unpaired) electrons. The summed E-state index contributed by atoms with van der Waals surface area (Å²) in [5.74, 6) is -0.384. The molecule has 0 aliphatic heterocycles. The van der Waals surface area contributed by atoms with Gasteiger partial charge in [0.15, 0.2) is 12.8 Å². The van der Waals surface area contributed by atoms with Crippen molar-refractivity contribution in [2.75, 3.05) is 12.4 Å². The van der Waals surface area contributed by atoms with Crippen LogP contribution in [0.25, 0.3) is 5.65 Å². The number of hydrogen-bond donors (Lipinski definition) is 1. The van der Waals surface area contributed by atoms with Crippen molar-refractivity contribution in [3.63, 3.8) is 0 Å². The van der Waals surface area contributed by atoms with E-state index >= 15 is 0 Å². The number of halogens is 2. The normalized spacial score (nSPS) is 13.7. The van der Waals surface area contributed by atoms with Crippen LogP contribution in [0.3, 0.4) is 0 Å². The summed E-state index contributed by atoms with van der Waals surface area (Å²) >= 11 is 0. The maximum absolute atomic E-state index is 13.4. The molecule has 1 amide bonds. The fraction of sp³-hybridized carbons (Fsp3) is 0.278. The first-order valence-corrected chi connectivity index (χ1v) is 8.57. The van der Waals surface area contributed by atoms with Gasteiger partial charge in [-0.25, -0.2) is 23.1 Å². The first-order chi connectivity index (χ1) is 13.5. The van der Waals surface area contributed by atoms with Gasteiger partial charge in [-0.3, -0.25) is 4.79 Å². The molecule has 1 aromatic carbocycles. The van der Waals surface area contributed by atoms with Crippen LogP contribution in [0.5, 0.6) is 0 Å². The standard InChI is InChI=1S/C18H15F2N5O3/c1-28-25(27)12-6-4-11(5-7-12)22-18(26)13-9-21-24-15(16(19)20)8-14(10-2-3-10)23-17(13)24/h4-10,16H,2-3H2,1H3/p+1. The van der Waals surface area contributed by atoms with Crippen LogP contribution in [-0.4, -0.2) is 32.5 Å². The van der Waals surface area contributed by atoms with Crippen molar-refractivity contribution in [1.82, 2.24) is 14.6 Å². The van der Waals surface area contributed by atoms with Crippen molar-refractivity contribution in [2.45, 2.75) is 25.2 Å². The van der Waals surface area contributed by atoms with Crippen LogP contribution in [0.4, 0.5) is 20.2 Å². The number of carbonyl (C=O) groups excluding carboxylic acids is 1. The van der Waals surface area contributed by atoms with Crippen LogP contribution in [0.15, 0.2) is 36.5 Å². The number of nitrogens with one attached hydrogen (secondary N) is 1. The molecule has 4 rings (SSSR count). The number of hydrogen-bond acceptors (Lipinski definition) is 5. The molecule has 1 aliphatic carbocycles. The van der Waals surface area contributed by atoms with Crippen LogP contribution in [0, 0.1) is 4.91 Å². The minimum atomic E-state index is -2.73. The molecule has 0 spiro atoms. The predicted octanol–water partition coefficient (Wildman–Crippen LogP) is 3.77. The van der Waals surface area contributed by atoms with Crippen molar-refractivity contribution >= 4 is 22.9 Å². The first-order valence-electron chi connectivity index (χ1n) is 8.57. The second kappa shape index (κ2) is 6.95. The van der Waals surface area contributed by atoms with Gasteiger partial charge < -0.3 is 5.32 Å². The average Bonchev–Trinajstić information content (AvgIpc) is 3.46. The van der Waals surface area contributed by atoms with E-state index in [1.807, 2.05) is 0 Å². The Morgan fingerprint density at radius 2 is 2.04 bits per heavy atom. The quantitative estimate of drug-likeness (QED) is 0.650. The Bertz CT molecular complexity index is 1060. The number of carbonyl (C=O) groups is 1. The molecule has 10 heteroatoms. The van der Waals surface area contributed by atoms with Gasteiger partial charge in [0.1, 0.15) is 11.3 Å². The van der Waals surface area contributed by atoms with Crippen LogP contribution in [0.1, 0.15) is 46.9 Å². The Morgan fingerprint density at radius 1 is 1.32 bits per heavy atom. The third-order valence-electron chi connectivity index (χ3n) is 4.48. The summed E-state index contributed by atoms with van der Waals surface area (Å²) in [6.45, 7) is 0. The van der Waals surface area contributed by atoms with Crippen LogP contribution < -0.4 is 5.32 Å². The van der Waals surface area contributed by atoms with Crippen LogP contribution in [-0.2, 0) is 4.84 Å². The van der Waals surface area contributed by atoms with Crippen molar-refractivity contribution in [3.05, 3.63) is 58.4 Å². The Morgan fingerprint density at radius 3 is 2.64 bits per heavy atom. The van der Waals surface area contributed by atoms with E-state index in [9.17, 15) is 18.5 Å².